The lowest BCUT2D eigenvalue weighted by molar-refractivity contribution is 0.761. The summed E-state index contributed by atoms with van der Waals surface area (Å²) >= 11 is 3.31. The van der Waals surface area contributed by atoms with Crippen molar-refractivity contribution in [2.24, 2.45) is 0 Å². The van der Waals surface area contributed by atoms with Crippen LogP contribution in [0, 0.1) is 0 Å². The first-order chi connectivity index (χ1) is 7.27. The molecule has 2 rings (SSSR count). The van der Waals surface area contributed by atoms with Gasteiger partial charge in [0.15, 0.2) is 0 Å². The Hall–Kier alpha value is -1.13. The fraction of sp³-hybridized carbons (Fsp3) is 0.182. The van der Waals surface area contributed by atoms with Gasteiger partial charge in [-0.05, 0) is 17.7 Å². The van der Waals surface area contributed by atoms with Gasteiger partial charge in [-0.2, -0.15) is 0 Å². The van der Waals surface area contributed by atoms with Gasteiger partial charge in [-0.3, -0.25) is 0 Å². The molecule has 0 saturated heterocycles. The fourth-order valence-electron chi connectivity index (χ4n) is 1.49. The number of nitrogens with zero attached hydrogens (tertiary/aromatic N) is 1. The number of rotatable bonds is 4. The molecule has 0 radical (unpaired) electrons. The van der Waals surface area contributed by atoms with Gasteiger partial charge in [0.25, 0.3) is 0 Å². The van der Waals surface area contributed by atoms with E-state index in [-0.39, 0.29) is 0 Å². The maximum absolute atomic E-state index is 4.23. The summed E-state index contributed by atoms with van der Waals surface area (Å²) in [7, 11) is 0. The molecule has 2 aromatic rings. The number of halogens is 1. The average molecular weight is 266 g/mol. The zero-order chi connectivity index (χ0) is 10.7. The molecule has 0 aliphatic rings. The Balaban J connectivity index is 2.11. The Morgan fingerprint density at radius 1 is 1.60 bits per heavy atom. The van der Waals surface area contributed by atoms with Crippen LogP contribution in [-0.2, 0) is 6.54 Å². The summed E-state index contributed by atoms with van der Waals surface area (Å²) in [5, 5.41) is 4.46. The molecule has 15 heavy (non-hydrogen) atoms. The molecule has 0 aliphatic carbocycles. The topological polar surface area (TPSA) is 40.7 Å². The zero-order valence-corrected chi connectivity index (χ0v) is 9.84. The van der Waals surface area contributed by atoms with Gasteiger partial charge in [0.2, 0.25) is 0 Å². The van der Waals surface area contributed by atoms with Crippen LogP contribution in [0.2, 0.25) is 0 Å². The minimum absolute atomic E-state index is 0.771. The van der Waals surface area contributed by atoms with Crippen LogP contribution in [0.15, 0.2) is 35.6 Å². The van der Waals surface area contributed by atoms with Crippen LogP contribution in [0.25, 0.3) is 11.0 Å². The van der Waals surface area contributed by atoms with Gasteiger partial charge in [-0.1, -0.05) is 22.5 Å². The second-order valence-corrected chi connectivity index (χ2v) is 4.46. The first-order valence-electron chi connectivity index (χ1n) is 4.72. The van der Waals surface area contributed by atoms with Gasteiger partial charge in [-0.25, -0.2) is 4.98 Å². The van der Waals surface area contributed by atoms with Crippen molar-refractivity contribution in [2.75, 3.05) is 6.54 Å². The molecule has 0 saturated carbocycles. The summed E-state index contributed by atoms with van der Waals surface area (Å²) in [4.78, 5) is 7.38. The molecule has 4 heteroatoms. The SMILES string of the molecule is C=C(Br)CNCc1c[nH]c2ncccc12. The maximum atomic E-state index is 4.23. The first-order valence-corrected chi connectivity index (χ1v) is 5.51. The van der Waals surface area contributed by atoms with Crippen molar-refractivity contribution in [1.29, 1.82) is 0 Å². The van der Waals surface area contributed by atoms with E-state index in [9.17, 15) is 0 Å². The van der Waals surface area contributed by atoms with Crippen molar-refractivity contribution in [3.05, 3.63) is 41.2 Å². The molecule has 0 aromatic carbocycles. The van der Waals surface area contributed by atoms with Gasteiger partial charge in [-0.15, -0.1) is 0 Å². The highest BCUT2D eigenvalue weighted by atomic mass is 79.9. The minimum Gasteiger partial charge on any atom is -0.346 e. The quantitative estimate of drug-likeness (QED) is 0.892. The molecule has 0 aliphatic heterocycles. The van der Waals surface area contributed by atoms with Crippen LogP contribution >= 0.6 is 15.9 Å². The summed E-state index contributed by atoms with van der Waals surface area (Å²) in [6.07, 6.45) is 3.78. The van der Waals surface area contributed by atoms with Gasteiger partial charge in [0.1, 0.15) is 5.65 Å². The third kappa shape index (κ3) is 2.46. The Kier molecular flexibility index (Phi) is 3.18. The summed E-state index contributed by atoms with van der Waals surface area (Å²) in [6.45, 7) is 5.36. The Morgan fingerprint density at radius 2 is 2.47 bits per heavy atom. The predicted octanol–water partition coefficient (Wildman–Crippen LogP) is 2.56. The van der Waals surface area contributed by atoms with E-state index in [0.717, 1.165) is 23.2 Å². The molecule has 0 bridgehead atoms. The molecule has 0 amide bonds. The van der Waals surface area contributed by atoms with Gasteiger partial charge in [0, 0.05) is 35.4 Å². The van der Waals surface area contributed by atoms with E-state index in [1.165, 1.54) is 10.9 Å². The second-order valence-electron chi connectivity index (χ2n) is 3.33. The molecular weight excluding hydrogens is 254 g/mol. The van der Waals surface area contributed by atoms with Crippen molar-refractivity contribution < 1.29 is 0 Å². The van der Waals surface area contributed by atoms with Crippen molar-refractivity contribution in [3.63, 3.8) is 0 Å². The molecule has 0 spiro atoms. The van der Waals surface area contributed by atoms with Crippen LogP contribution in [0.3, 0.4) is 0 Å². The maximum Gasteiger partial charge on any atom is 0.137 e. The minimum atomic E-state index is 0.771. The molecule has 0 atom stereocenters. The third-order valence-corrected chi connectivity index (χ3v) is 2.45. The first kappa shape index (κ1) is 10.4. The van der Waals surface area contributed by atoms with E-state index in [1.807, 2.05) is 12.3 Å². The number of hydrogen-bond donors (Lipinski definition) is 2. The van der Waals surface area contributed by atoms with E-state index < -0.39 is 0 Å². The Bertz CT molecular complexity index is 475. The summed E-state index contributed by atoms with van der Waals surface area (Å²) < 4.78 is 0.959. The van der Waals surface area contributed by atoms with Crippen LogP contribution in [-0.4, -0.2) is 16.5 Å². The standard InChI is InChI=1S/C11H12BrN3/c1-8(12)5-13-6-9-7-15-11-10(9)3-2-4-14-11/h2-4,7,13H,1,5-6H2,(H,14,15). The van der Waals surface area contributed by atoms with E-state index >= 15 is 0 Å². The summed E-state index contributed by atoms with van der Waals surface area (Å²) in [6, 6.07) is 4.02. The van der Waals surface area contributed by atoms with E-state index in [2.05, 4.69) is 43.9 Å². The molecule has 2 N–H and O–H groups in total. The predicted molar refractivity (Wildman–Crippen MR) is 65.9 cm³/mol. The number of aromatic amines is 1. The molecule has 0 unspecified atom stereocenters. The molecule has 0 fully saturated rings. The Morgan fingerprint density at radius 3 is 3.27 bits per heavy atom. The van der Waals surface area contributed by atoms with Crippen molar-refractivity contribution in [3.8, 4) is 0 Å². The van der Waals surface area contributed by atoms with E-state index in [1.54, 1.807) is 6.20 Å². The van der Waals surface area contributed by atoms with Crippen molar-refractivity contribution in [1.82, 2.24) is 15.3 Å². The Labute approximate surface area is 96.7 Å². The highest BCUT2D eigenvalue weighted by molar-refractivity contribution is 9.11. The lowest BCUT2D eigenvalue weighted by Crippen LogP contribution is -2.13. The fourth-order valence-corrected chi connectivity index (χ4v) is 1.69. The molecule has 78 valence electrons. The van der Waals surface area contributed by atoms with E-state index in [4.69, 9.17) is 0 Å². The second kappa shape index (κ2) is 4.59. The van der Waals surface area contributed by atoms with Crippen LogP contribution in [0.5, 0.6) is 0 Å². The normalized spacial score (nSPS) is 10.7. The lowest BCUT2D eigenvalue weighted by atomic mass is 10.2. The number of hydrogen-bond acceptors (Lipinski definition) is 2. The van der Waals surface area contributed by atoms with E-state index in [0.29, 0.717) is 0 Å². The third-order valence-electron chi connectivity index (χ3n) is 2.17. The van der Waals surface area contributed by atoms with Crippen LogP contribution in [0.4, 0.5) is 0 Å². The smallest absolute Gasteiger partial charge is 0.137 e. The largest absolute Gasteiger partial charge is 0.346 e. The number of pyridine rings is 1. The zero-order valence-electron chi connectivity index (χ0n) is 8.26. The van der Waals surface area contributed by atoms with Crippen LogP contribution in [0.1, 0.15) is 5.56 Å². The number of H-pyrrole nitrogens is 1. The number of aromatic nitrogens is 2. The van der Waals surface area contributed by atoms with Gasteiger partial charge < -0.3 is 10.3 Å². The number of fused-ring (bicyclic) bond motifs is 1. The monoisotopic (exact) mass is 265 g/mol. The molecule has 3 nitrogen and oxygen atoms in total. The molecular formula is C11H12BrN3. The van der Waals surface area contributed by atoms with Crippen molar-refractivity contribution in [2.45, 2.75) is 6.54 Å². The summed E-state index contributed by atoms with van der Waals surface area (Å²) in [5.41, 5.74) is 2.17. The van der Waals surface area contributed by atoms with Gasteiger partial charge >= 0.3 is 0 Å². The molecule has 2 aromatic heterocycles. The summed E-state index contributed by atoms with van der Waals surface area (Å²) in [5.74, 6) is 0. The lowest BCUT2D eigenvalue weighted by Gasteiger charge is -2.01. The highest BCUT2D eigenvalue weighted by Crippen LogP contribution is 2.15. The number of nitrogens with one attached hydrogen (secondary N) is 2. The highest BCUT2D eigenvalue weighted by Gasteiger charge is 2.02. The van der Waals surface area contributed by atoms with Crippen LogP contribution < -0.4 is 5.32 Å². The van der Waals surface area contributed by atoms with Gasteiger partial charge in [0.05, 0.1) is 0 Å². The average Bonchev–Trinajstić information content (AvgIpc) is 2.62. The molecule has 2 heterocycles. The van der Waals surface area contributed by atoms with Crippen molar-refractivity contribution >= 4 is 27.0 Å².